The van der Waals surface area contributed by atoms with Gasteiger partial charge in [0.25, 0.3) is 5.91 Å². The fourth-order valence-corrected chi connectivity index (χ4v) is 3.83. The van der Waals surface area contributed by atoms with E-state index in [1.54, 1.807) is 12.1 Å². The highest BCUT2D eigenvalue weighted by atomic mass is 79.9. The Bertz CT molecular complexity index is 1410. The second-order valence-electron chi connectivity index (χ2n) is 7.97. The maximum atomic E-state index is 12.5. The van der Waals surface area contributed by atoms with Crippen LogP contribution in [0.25, 0.3) is 33.9 Å². The van der Waals surface area contributed by atoms with Gasteiger partial charge in [0.1, 0.15) is 11.3 Å². The van der Waals surface area contributed by atoms with Crippen molar-refractivity contribution < 1.29 is 13.6 Å². The first kappa shape index (κ1) is 21.2. The Morgan fingerprint density at radius 1 is 0.879 bits per heavy atom. The number of carbonyl (C=O) groups is 1. The Hall–Kier alpha value is -3.64. The van der Waals surface area contributed by atoms with Gasteiger partial charge < -0.3 is 14.2 Å². The number of aryl methyl sites for hydroxylation is 2. The zero-order valence-corrected chi connectivity index (χ0v) is 19.8. The molecule has 0 atom stereocenters. The van der Waals surface area contributed by atoms with E-state index >= 15 is 0 Å². The predicted molar refractivity (Wildman–Crippen MR) is 132 cm³/mol. The summed E-state index contributed by atoms with van der Waals surface area (Å²) in [6, 6.07) is 23.1. The number of halogens is 1. The quantitative estimate of drug-likeness (QED) is 0.280. The first-order chi connectivity index (χ1) is 16.0. The Balaban J connectivity index is 1.24. The molecule has 0 unspecified atom stereocenters. The number of oxazole rings is 1. The number of hydrogen-bond donors (Lipinski definition) is 1. The van der Waals surface area contributed by atoms with E-state index in [9.17, 15) is 4.79 Å². The molecule has 0 radical (unpaired) electrons. The summed E-state index contributed by atoms with van der Waals surface area (Å²) in [6.07, 6.45) is 0. The highest BCUT2D eigenvalue weighted by molar-refractivity contribution is 9.10. The fourth-order valence-electron chi connectivity index (χ4n) is 3.57. The fraction of sp³-hybridized carbons (Fsp3) is 0.111. The molecule has 33 heavy (non-hydrogen) atoms. The van der Waals surface area contributed by atoms with Gasteiger partial charge in [0.2, 0.25) is 5.89 Å². The third-order valence-electron chi connectivity index (χ3n) is 5.62. The molecule has 5 nitrogen and oxygen atoms in total. The molecular formula is C27H21BrN2O3. The van der Waals surface area contributed by atoms with E-state index in [-0.39, 0.29) is 11.7 Å². The van der Waals surface area contributed by atoms with Crippen LogP contribution in [-0.2, 0) is 6.54 Å². The lowest BCUT2D eigenvalue weighted by Gasteiger charge is -2.04. The smallest absolute Gasteiger partial charge is 0.287 e. The van der Waals surface area contributed by atoms with Gasteiger partial charge in [-0.15, -0.1) is 0 Å². The molecule has 0 aliphatic rings. The molecule has 5 aromatic rings. The largest absolute Gasteiger partial charge is 0.451 e. The van der Waals surface area contributed by atoms with Crippen molar-refractivity contribution in [1.29, 1.82) is 0 Å². The number of nitrogens with zero attached hydrogens (tertiary/aromatic N) is 1. The van der Waals surface area contributed by atoms with Crippen LogP contribution in [0.2, 0.25) is 0 Å². The summed E-state index contributed by atoms with van der Waals surface area (Å²) in [5, 5.41) is 2.90. The molecule has 5 rings (SSSR count). The number of furan rings is 1. The third-order valence-corrected chi connectivity index (χ3v) is 6.15. The van der Waals surface area contributed by atoms with Crippen LogP contribution >= 0.6 is 15.9 Å². The van der Waals surface area contributed by atoms with Gasteiger partial charge in [0.15, 0.2) is 11.3 Å². The first-order valence-corrected chi connectivity index (χ1v) is 11.4. The van der Waals surface area contributed by atoms with Crippen LogP contribution in [0.1, 0.15) is 27.2 Å². The molecule has 3 aromatic carbocycles. The van der Waals surface area contributed by atoms with Gasteiger partial charge in [-0.1, -0.05) is 40.2 Å². The van der Waals surface area contributed by atoms with Crippen molar-refractivity contribution in [2.24, 2.45) is 0 Å². The molecular weight excluding hydrogens is 480 g/mol. The van der Waals surface area contributed by atoms with Crippen molar-refractivity contribution in [1.82, 2.24) is 10.3 Å². The number of rotatable bonds is 5. The topological polar surface area (TPSA) is 68.3 Å². The number of nitrogens with one attached hydrogen (secondary N) is 1. The summed E-state index contributed by atoms with van der Waals surface area (Å²) in [5.74, 6) is 1.26. The maximum Gasteiger partial charge on any atom is 0.287 e. The van der Waals surface area contributed by atoms with Gasteiger partial charge in [-0.25, -0.2) is 4.98 Å². The summed E-state index contributed by atoms with van der Waals surface area (Å²) in [5.41, 5.74) is 6.77. The van der Waals surface area contributed by atoms with Gasteiger partial charge in [-0.2, -0.15) is 0 Å². The second-order valence-corrected chi connectivity index (χ2v) is 8.89. The van der Waals surface area contributed by atoms with Crippen LogP contribution < -0.4 is 5.32 Å². The van der Waals surface area contributed by atoms with Crippen LogP contribution in [-0.4, -0.2) is 10.9 Å². The lowest BCUT2D eigenvalue weighted by Crippen LogP contribution is -2.22. The summed E-state index contributed by atoms with van der Waals surface area (Å²) in [4.78, 5) is 17.1. The molecule has 0 aliphatic heterocycles. The maximum absolute atomic E-state index is 12.5. The molecule has 0 fully saturated rings. The molecule has 2 aromatic heterocycles. The average Bonchev–Trinajstić information content (AvgIpc) is 3.46. The van der Waals surface area contributed by atoms with Crippen molar-refractivity contribution in [2.45, 2.75) is 20.4 Å². The molecule has 1 amide bonds. The molecule has 0 aliphatic carbocycles. The van der Waals surface area contributed by atoms with E-state index in [0.29, 0.717) is 18.2 Å². The normalized spacial score (nSPS) is 11.1. The zero-order valence-electron chi connectivity index (χ0n) is 18.2. The number of carbonyl (C=O) groups excluding carboxylic acids is 1. The standard InChI is InChI=1S/C27H21BrN2O3/c1-16-13-22-25(14-17(16)2)33-27(30-22)20-5-3-18(4-6-20)15-29-26(31)24-12-11-23(32-24)19-7-9-21(28)10-8-19/h3-14H,15H2,1-2H3,(H,29,31). The highest BCUT2D eigenvalue weighted by Crippen LogP contribution is 2.27. The van der Waals surface area contributed by atoms with Crippen molar-refractivity contribution in [3.8, 4) is 22.8 Å². The van der Waals surface area contributed by atoms with Gasteiger partial charge in [0.05, 0.1) is 0 Å². The van der Waals surface area contributed by atoms with Crippen LogP contribution in [0.4, 0.5) is 0 Å². The summed E-state index contributed by atoms with van der Waals surface area (Å²) in [7, 11) is 0. The van der Waals surface area contributed by atoms with Crippen molar-refractivity contribution in [3.63, 3.8) is 0 Å². The highest BCUT2D eigenvalue weighted by Gasteiger charge is 2.13. The minimum atomic E-state index is -0.257. The van der Waals surface area contributed by atoms with Gasteiger partial charge in [0, 0.05) is 22.1 Å². The summed E-state index contributed by atoms with van der Waals surface area (Å²) >= 11 is 3.42. The van der Waals surface area contributed by atoms with E-state index in [2.05, 4.69) is 40.1 Å². The van der Waals surface area contributed by atoms with Crippen LogP contribution in [0.5, 0.6) is 0 Å². The minimum absolute atomic E-state index is 0.257. The number of benzene rings is 3. The summed E-state index contributed by atoms with van der Waals surface area (Å²) < 4.78 is 12.7. The van der Waals surface area contributed by atoms with E-state index in [0.717, 1.165) is 32.3 Å². The predicted octanol–water partition coefficient (Wildman–Crippen LogP) is 7.06. The van der Waals surface area contributed by atoms with Gasteiger partial charge >= 0.3 is 0 Å². The monoisotopic (exact) mass is 500 g/mol. The molecule has 2 heterocycles. The molecule has 0 saturated carbocycles. The zero-order chi connectivity index (χ0) is 22.9. The van der Waals surface area contributed by atoms with E-state index in [4.69, 9.17) is 8.83 Å². The minimum Gasteiger partial charge on any atom is -0.451 e. The van der Waals surface area contributed by atoms with E-state index in [1.807, 2.05) is 60.7 Å². The van der Waals surface area contributed by atoms with Crippen LogP contribution in [0.15, 0.2) is 86.1 Å². The molecule has 1 N–H and O–H groups in total. The van der Waals surface area contributed by atoms with E-state index in [1.165, 1.54) is 11.1 Å². The molecule has 0 saturated heterocycles. The molecule has 6 heteroatoms. The van der Waals surface area contributed by atoms with E-state index < -0.39 is 0 Å². The lowest BCUT2D eigenvalue weighted by atomic mass is 10.1. The number of aromatic nitrogens is 1. The average molecular weight is 501 g/mol. The number of fused-ring (bicyclic) bond motifs is 1. The third kappa shape index (κ3) is 4.47. The Morgan fingerprint density at radius 3 is 2.33 bits per heavy atom. The Labute approximate surface area is 199 Å². The SMILES string of the molecule is Cc1cc2nc(-c3ccc(CNC(=O)c4ccc(-c5ccc(Br)cc5)o4)cc3)oc2cc1C. The number of hydrogen-bond acceptors (Lipinski definition) is 4. The summed E-state index contributed by atoms with van der Waals surface area (Å²) in [6.45, 7) is 4.51. The molecule has 0 spiro atoms. The van der Waals surface area contributed by atoms with Gasteiger partial charge in [-0.3, -0.25) is 4.79 Å². The van der Waals surface area contributed by atoms with Gasteiger partial charge in [-0.05, 0) is 79.1 Å². The van der Waals surface area contributed by atoms with Crippen molar-refractivity contribution in [2.75, 3.05) is 0 Å². The first-order valence-electron chi connectivity index (χ1n) is 10.6. The van der Waals surface area contributed by atoms with Crippen LogP contribution in [0, 0.1) is 13.8 Å². The Morgan fingerprint density at radius 2 is 1.58 bits per heavy atom. The number of amides is 1. The van der Waals surface area contributed by atoms with Crippen molar-refractivity contribution >= 4 is 32.9 Å². The van der Waals surface area contributed by atoms with Crippen LogP contribution in [0.3, 0.4) is 0 Å². The van der Waals surface area contributed by atoms with Crippen molar-refractivity contribution in [3.05, 3.63) is 99.7 Å². The lowest BCUT2D eigenvalue weighted by molar-refractivity contribution is 0.0924. The molecule has 164 valence electrons. The molecule has 0 bridgehead atoms. The second kappa shape index (κ2) is 8.71. The Kier molecular flexibility index (Phi) is 5.60.